The third-order valence-electron chi connectivity index (χ3n) is 4.54. The molecule has 0 aliphatic carbocycles. The topological polar surface area (TPSA) is 57.2 Å². The lowest BCUT2D eigenvalue weighted by Gasteiger charge is -2.05. The van der Waals surface area contributed by atoms with E-state index in [0.29, 0.717) is 6.42 Å². The maximum Gasteiger partial charge on any atom is 0.244 e. The Morgan fingerprint density at radius 1 is 1.00 bits per heavy atom. The second-order valence-corrected chi connectivity index (χ2v) is 6.33. The van der Waals surface area contributed by atoms with Gasteiger partial charge in [0.2, 0.25) is 5.91 Å². The van der Waals surface area contributed by atoms with Crippen LogP contribution in [0, 0.1) is 0 Å². The fourth-order valence-corrected chi connectivity index (χ4v) is 3.12. The minimum atomic E-state index is -0.130. The predicted molar refractivity (Wildman–Crippen MR) is 106 cm³/mol. The van der Waals surface area contributed by atoms with Gasteiger partial charge in [0.15, 0.2) is 0 Å². The molecule has 26 heavy (non-hydrogen) atoms. The normalized spacial score (nSPS) is 11.8. The average molecular weight is 341 g/mol. The number of H-pyrrole nitrogens is 1. The van der Waals surface area contributed by atoms with E-state index in [9.17, 15) is 4.79 Å². The molecule has 4 aromatic rings. The molecule has 1 amide bonds. The minimum Gasteiger partial charge on any atom is -0.361 e. The molecule has 0 aliphatic rings. The number of fused-ring (bicyclic) bond motifs is 2. The van der Waals surface area contributed by atoms with Gasteiger partial charge in [-0.3, -0.25) is 4.79 Å². The molecule has 2 N–H and O–H groups in total. The number of aromatic amines is 1. The molecule has 4 nitrogen and oxygen atoms in total. The highest BCUT2D eigenvalue weighted by Gasteiger charge is 2.08. The van der Waals surface area contributed by atoms with Gasteiger partial charge in [-0.25, -0.2) is 5.43 Å². The minimum absolute atomic E-state index is 0.130. The van der Waals surface area contributed by atoms with Gasteiger partial charge < -0.3 is 4.98 Å². The van der Waals surface area contributed by atoms with Crippen molar-refractivity contribution in [3.05, 3.63) is 84.1 Å². The summed E-state index contributed by atoms with van der Waals surface area (Å²) in [5, 5.41) is 7.68. The van der Waals surface area contributed by atoms with Crippen molar-refractivity contribution >= 4 is 33.3 Å². The van der Waals surface area contributed by atoms with Crippen LogP contribution in [0.3, 0.4) is 0 Å². The zero-order chi connectivity index (χ0) is 17.9. The molecular weight excluding hydrogens is 322 g/mol. The monoisotopic (exact) mass is 341 g/mol. The number of amides is 1. The number of carbonyl (C=O) groups excluding carboxylic acids is 1. The highest BCUT2D eigenvalue weighted by Crippen LogP contribution is 2.18. The van der Waals surface area contributed by atoms with E-state index in [4.69, 9.17) is 0 Å². The van der Waals surface area contributed by atoms with Gasteiger partial charge in [-0.05, 0) is 41.0 Å². The first-order valence-corrected chi connectivity index (χ1v) is 8.58. The van der Waals surface area contributed by atoms with Gasteiger partial charge in [-0.2, -0.15) is 5.10 Å². The van der Waals surface area contributed by atoms with E-state index in [1.165, 1.54) is 5.39 Å². The number of rotatable bonds is 4. The predicted octanol–water partition coefficient (Wildman–Crippen LogP) is 4.40. The SMILES string of the molecule is CC(=NNC(=O)Cc1c[nH]c2ccccc12)c1ccc2ccccc2c1. The Morgan fingerprint density at radius 2 is 1.77 bits per heavy atom. The smallest absolute Gasteiger partial charge is 0.244 e. The van der Waals surface area contributed by atoms with E-state index in [1.54, 1.807) is 0 Å². The summed E-state index contributed by atoms with van der Waals surface area (Å²) in [6, 6.07) is 22.3. The summed E-state index contributed by atoms with van der Waals surface area (Å²) < 4.78 is 0. The van der Waals surface area contributed by atoms with Crippen LogP contribution in [-0.4, -0.2) is 16.6 Å². The summed E-state index contributed by atoms with van der Waals surface area (Å²) in [5.74, 6) is -0.130. The van der Waals surface area contributed by atoms with Gasteiger partial charge in [-0.15, -0.1) is 0 Å². The summed E-state index contributed by atoms with van der Waals surface area (Å²) >= 11 is 0. The van der Waals surface area contributed by atoms with Crippen molar-refractivity contribution in [2.24, 2.45) is 5.10 Å². The molecular formula is C22H19N3O. The average Bonchev–Trinajstić information content (AvgIpc) is 3.08. The van der Waals surface area contributed by atoms with Crippen LogP contribution in [0.5, 0.6) is 0 Å². The molecule has 128 valence electrons. The third-order valence-corrected chi connectivity index (χ3v) is 4.54. The standard InChI is InChI=1S/C22H19N3O/c1-15(17-11-10-16-6-2-3-7-18(16)12-17)24-25-22(26)13-19-14-23-21-9-5-4-8-20(19)21/h2-12,14,23H,13H2,1H3,(H,25,26). The van der Waals surface area contributed by atoms with Crippen molar-refractivity contribution in [3.8, 4) is 0 Å². The van der Waals surface area contributed by atoms with Gasteiger partial charge in [0, 0.05) is 17.1 Å². The Balaban J connectivity index is 1.48. The number of carbonyl (C=O) groups is 1. The van der Waals surface area contributed by atoms with Crippen LogP contribution in [0.1, 0.15) is 18.1 Å². The molecule has 4 heteroatoms. The zero-order valence-corrected chi connectivity index (χ0v) is 14.5. The number of para-hydroxylation sites is 1. The molecule has 0 aliphatic heterocycles. The van der Waals surface area contributed by atoms with E-state index >= 15 is 0 Å². The quantitative estimate of drug-likeness (QED) is 0.419. The maximum absolute atomic E-state index is 12.3. The summed E-state index contributed by atoms with van der Waals surface area (Å²) in [4.78, 5) is 15.5. The Kier molecular flexibility index (Phi) is 4.23. The summed E-state index contributed by atoms with van der Waals surface area (Å²) in [6.07, 6.45) is 2.17. The van der Waals surface area contributed by atoms with Gasteiger partial charge in [-0.1, -0.05) is 54.6 Å². The molecule has 0 saturated heterocycles. The van der Waals surface area contributed by atoms with Gasteiger partial charge in [0.05, 0.1) is 12.1 Å². The Bertz CT molecular complexity index is 1120. The molecule has 0 saturated carbocycles. The summed E-state index contributed by atoms with van der Waals surface area (Å²) in [5.41, 5.74) is 6.45. The van der Waals surface area contributed by atoms with E-state index < -0.39 is 0 Å². The van der Waals surface area contributed by atoms with E-state index in [0.717, 1.165) is 33.1 Å². The van der Waals surface area contributed by atoms with Crippen molar-refractivity contribution in [1.82, 2.24) is 10.4 Å². The van der Waals surface area contributed by atoms with Crippen molar-refractivity contribution in [3.63, 3.8) is 0 Å². The first-order chi connectivity index (χ1) is 12.7. The fraction of sp³-hybridized carbons (Fsp3) is 0.0909. The van der Waals surface area contributed by atoms with Crippen LogP contribution < -0.4 is 5.43 Å². The second-order valence-electron chi connectivity index (χ2n) is 6.33. The first-order valence-electron chi connectivity index (χ1n) is 8.58. The molecule has 1 heterocycles. The molecule has 0 radical (unpaired) electrons. The largest absolute Gasteiger partial charge is 0.361 e. The lowest BCUT2D eigenvalue weighted by molar-refractivity contribution is -0.120. The lowest BCUT2D eigenvalue weighted by atomic mass is 10.0. The number of nitrogens with zero attached hydrogens (tertiary/aromatic N) is 1. The van der Waals surface area contributed by atoms with Gasteiger partial charge in [0.25, 0.3) is 0 Å². The number of benzene rings is 3. The number of nitrogens with one attached hydrogen (secondary N) is 2. The summed E-state index contributed by atoms with van der Waals surface area (Å²) in [7, 11) is 0. The van der Waals surface area contributed by atoms with Crippen molar-refractivity contribution in [2.75, 3.05) is 0 Å². The van der Waals surface area contributed by atoms with Crippen LogP contribution in [0.2, 0.25) is 0 Å². The molecule has 0 fully saturated rings. The molecule has 1 aromatic heterocycles. The fourth-order valence-electron chi connectivity index (χ4n) is 3.12. The van der Waals surface area contributed by atoms with Crippen LogP contribution >= 0.6 is 0 Å². The Hall–Kier alpha value is -3.40. The zero-order valence-electron chi connectivity index (χ0n) is 14.5. The van der Waals surface area contributed by atoms with Gasteiger partial charge in [0.1, 0.15) is 0 Å². The van der Waals surface area contributed by atoms with Crippen molar-refractivity contribution < 1.29 is 4.79 Å². The van der Waals surface area contributed by atoms with Gasteiger partial charge >= 0.3 is 0 Å². The third kappa shape index (κ3) is 3.22. The highest BCUT2D eigenvalue weighted by molar-refractivity contribution is 6.02. The molecule has 0 atom stereocenters. The first kappa shape index (κ1) is 16.1. The molecule has 0 bridgehead atoms. The van der Waals surface area contributed by atoms with Crippen LogP contribution in [0.25, 0.3) is 21.7 Å². The Labute approximate surface area is 151 Å². The van der Waals surface area contributed by atoms with E-state index in [2.05, 4.69) is 39.8 Å². The number of aromatic nitrogens is 1. The van der Waals surface area contributed by atoms with Crippen LogP contribution in [-0.2, 0) is 11.2 Å². The number of hydrogen-bond donors (Lipinski definition) is 2. The van der Waals surface area contributed by atoms with Crippen LogP contribution in [0.4, 0.5) is 0 Å². The Morgan fingerprint density at radius 3 is 2.65 bits per heavy atom. The summed E-state index contributed by atoms with van der Waals surface area (Å²) in [6.45, 7) is 1.90. The van der Waals surface area contributed by atoms with Crippen molar-refractivity contribution in [1.29, 1.82) is 0 Å². The second kappa shape index (κ2) is 6.84. The molecule has 0 spiro atoms. The van der Waals surface area contributed by atoms with E-state index in [-0.39, 0.29) is 5.91 Å². The molecule has 3 aromatic carbocycles. The lowest BCUT2D eigenvalue weighted by Crippen LogP contribution is -2.21. The molecule has 0 unspecified atom stereocenters. The number of hydrazone groups is 1. The van der Waals surface area contributed by atoms with E-state index in [1.807, 2.05) is 55.6 Å². The van der Waals surface area contributed by atoms with Crippen molar-refractivity contribution in [2.45, 2.75) is 13.3 Å². The maximum atomic E-state index is 12.3. The molecule has 4 rings (SSSR count). The number of hydrogen-bond acceptors (Lipinski definition) is 2. The highest BCUT2D eigenvalue weighted by atomic mass is 16.2. The van der Waals surface area contributed by atoms with Crippen LogP contribution in [0.15, 0.2) is 78.0 Å².